The Morgan fingerprint density at radius 1 is 1.30 bits per heavy atom. The fourth-order valence-electron chi connectivity index (χ4n) is 2.11. The lowest BCUT2D eigenvalue weighted by Gasteiger charge is -2.19. The van der Waals surface area contributed by atoms with Crippen LogP contribution in [0.25, 0.3) is 0 Å². The van der Waals surface area contributed by atoms with Crippen LogP contribution in [0, 0.1) is 0 Å². The summed E-state index contributed by atoms with van der Waals surface area (Å²) in [6, 6.07) is 0. The molecular weight excluding hydrogens is 158 g/mol. The highest BCUT2D eigenvalue weighted by molar-refractivity contribution is 7.82. The second kappa shape index (κ2) is 1.93. The Morgan fingerprint density at radius 2 is 2.30 bits per heavy atom. The molecule has 0 aromatic heterocycles. The lowest BCUT2D eigenvalue weighted by atomic mass is 10.5. The van der Waals surface area contributed by atoms with Crippen LogP contribution in [0.1, 0.15) is 0 Å². The number of rotatable bonds is 0. The molecule has 1 fully saturated rings. The number of allylic oxidation sites excluding steroid dienone is 3. The second-order valence-electron chi connectivity index (χ2n) is 3.14. The van der Waals surface area contributed by atoms with Crippen molar-refractivity contribution < 1.29 is 0 Å². The van der Waals surface area contributed by atoms with E-state index in [9.17, 15) is 0 Å². The average Bonchev–Trinajstić information content (AvgIpc) is 2.60. The molecular formula is C8H10P2. The molecule has 52 valence electrons. The van der Waals surface area contributed by atoms with Crippen molar-refractivity contribution in [1.29, 1.82) is 0 Å². The summed E-state index contributed by atoms with van der Waals surface area (Å²) in [5, 5.41) is 1.07. The molecule has 1 saturated heterocycles. The van der Waals surface area contributed by atoms with Gasteiger partial charge in [0.15, 0.2) is 0 Å². The standard InChI is InChI=1S/C8H10P2/c1-2-8-9-5-3-7(6-9)10(8)4-1/h1-3,5,7-8H,4,6H2/t7-,8-,9?,10?/m1/s1. The molecule has 3 aliphatic heterocycles. The summed E-state index contributed by atoms with van der Waals surface area (Å²) < 4.78 is 0. The van der Waals surface area contributed by atoms with Gasteiger partial charge in [-0.25, -0.2) is 0 Å². The van der Waals surface area contributed by atoms with E-state index in [1.54, 1.807) is 6.16 Å². The van der Waals surface area contributed by atoms with Crippen LogP contribution in [0.4, 0.5) is 0 Å². The summed E-state index contributed by atoms with van der Waals surface area (Å²) >= 11 is 0. The van der Waals surface area contributed by atoms with Gasteiger partial charge in [-0.15, -0.1) is 0 Å². The van der Waals surface area contributed by atoms with Crippen molar-refractivity contribution in [2.75, 3.05) is 12.3 Å². The summed E-state index contributed by atoms with van der Waals surface area (Å²) in [6.07, 6.45) is 10.4. The Balaban J connectivity index is 2.04. The minimum Gasteiger partial charge on any atom is -0.0835 e. The summed E-state index contributed by atoms with van der Waals surface area (Å²) in [7, 11) is 0.776. The molecule has 0 amide bonds. The molecule has 10 heavy (non-hydrogen) atoms. The lowest BCUT2D eigenvalue weighted by Crippen LogP contribution is -1.99. The third kappa shape index (κ3) is 0.601. The normalized spacial score (nSPS) is 54.4. The van der Waals surface area contributed by atoms with Crippen LogP contribution in [-0.4, -0.2) is 23.4 Å². The lowest BCUT2D eigenvalue weighted by molar-refractivity contribution is 1.28. The molecule has 2 unspecified atom stereocenters. The zero-order valence-electron chi connectivity index (χ0n) is 5.77. The molecule has 4 atom stereocenters. The number of hydrogen-bond donors (Lipinski definition) is 0. The molecule has 3 rings (SSSR count). The van der Waals surface area contributed by atoms with E-state index in [2.05, 4.69) is 24.0 Å². The first-order valence-corrected chi connectivity index (χ1v) is 7.15. The quantitative estimate of drug-likeness (QED) is 0.385. The van der Waals surface area contributed by atoms with Crippen molar-refractivity contribution in [3.05, 3.63) is 24.0 Å². The Bertz CT molecular complexity index is 219. The first-order valence-electron chi connectivity index (χ1n) is 3.82. The zero-order chi connectivity index (χ0) is 6.55. The highest BCUT2D eigenvalue weighted by Crippen LogP contribution is 2.75. The first kappa shape index (κ1) is 5.92. The minimum absolute atomic E-state index is 0.352. The molecule has 0 aliphatic carbocycles. The molecule has 2 heteroatoms. The van der Waals surface area contributed by atoms with Crippen molar-refractivity contribution >= 4 is 15.8 Å². The van der Waals surface area contributed by atoms with Gasteiger partial charge in [-0.3, -0.25) is 0 Å². The molecule has 0 aromatic rings. The van der Waals surface area contributed by atoms with Gasteiger partial charge in [0.05, 0.1) is 0 Å². The Labute approximate surface area is 63.9 Å². The molecule has 2 bridgehead atoms. The average molecular weight is 168 g/mol. The largest absolute Gasteiger partial charge is 0.0835 e. The fourth-order valence-corrected chi connectivity index (χ4v) is 10.2. The molecule has 0 saturated carbocycles. The maximum atomic E-state index is 2.51. The fraction of sp³-hybridized carbons (Fsp3) is 0.500. The topological polar surface area (TPSA) is 0 Å². The van der Waals surface area contributed by atoms with Crippen molar-refractivity contribution in [3.63, 3.8) is 0 Å². The van der Waals surface area contributed by atoms with Crippen molar-refractivity contribution in [2.45, 2.75) is 11.1 Å². The van der Waals surface area contributed by atoms with E-state index in [1.165, 1.54) is 6.16 Å². The molecule has 0 spiro atoms. The van der Waals surface area contributed by atoms with Gasteiger partial charge in [-0.05, 0) is 12.3 Å². The molecule has 0 aromatic carbocycles. The third-order valence-corrected chi connectivity index (χ3v) is 9.61. The van der Waals surface area contributed by atoms with Crippen LogP contribution in [0.3, 0.4) is 0 Å². The second-order valence-corrected chi connectivity index (χ2v) is 8.41. The molecule has 0 nitrogen and oxygen atoms in total. The van der Waals surface area contributed by atoms with Crippen molar-refractivity contribution in [1.82, 2.24) is 0 Å². The highest BCUT2D eigenvalue weighted by atomic mass is 31.2. The predicted molar refractivity (Wildman–Crippen MR) is 49.4 cm³/mol. The van der Waals surface area contributed by atoms with Gasteiger partial charge in [-0.1, -0.05) is 39.9 Å². The van der Waals surface area contributed by atoms with E-state index in [1.807, 2.05) is 0 Å². The van der Waals surface area contributed by atoms with E-state index < -0.39 is 0 Å². The predicted octanol–water partition coefficient (Wildman–Crippen LogP) is 2.76. The van der Waals surface area contributed by atoms with Crippen LogP contribution in [0.5, 0.6) is 0 Å². The van der Waals surface area contributed by atoms with Gasteiger partial charge >= 0.3 is 0 Å². The van der Waals surface area contributed by atoms with Crippen molar-refractivity contribution in [3.8, 4) is 0 Å². The highest BCUT2D eigenvalue weighted by Gasteiger charge is 2.43. The summed E-state index contributed by atoms with van der Waals surface area (Å²) in [5.74, 6) is 2.51. The Morgan fingerprint density at radius 3 is 3.20 bits per heavy atom. The number of fused-ring (bicyclic) bond motifs is 5. The van der Waals surface area contributed by atoms with E-state index in [0.29, 0.717) is 15.8 Å². The Kier molecular flexibility index (Phi) is 1.14. The van der Waals surface area contributed by atoms with E-state index in [0.717, 1.165) is 11.1 Å². The molecule has 0 N–H and O–H groups in total. The molecule has 0 radical (unpaired) electrons. The Hall–Kier alpha value is 0.340. The third-order valence-electron chi connectivity index (χ3n) is 2.63. The van der Waals surface area contributed by atoms with Gasteiger partial charge in [0.2, 0.25) is 0 Å². The van der Waals surface area contributed by atoms with Crippen LogP contribution in [0.2, 0.25) is 0 Å². The monoisotopic (exact) mass is 168 g/mol. The maximum absolute atomic E-state index is 2.51. The summed E-state index contributed by atoms with van der Waals surface area (Å²) in [6.45, 7) is 0. The molecule has 3 aliphatic rings. The smallest absolute Gasteiger partial charge is 0.0216 e. The van der Waals surface area contributed by atoms with Gasteiger partial charge in [0, 0.05) is 11.1 Å². The van der Waals surface area contributed by atoms with Gasteiger partial charge in [0.25, 0.3) is 0 Å². The zero-order valence-corrected chi connectivity index (χ0v) is 7.56. The minimum atomic E-state index is 0.352. The SMILES string of the molecule is C1=C[C@@H]2P3C=C[C@H](C3)P2C1. The van der Waals surface area contributed by atoms with E-state index in [-0.39, 0.29) is 0 Å². The number of hydrogen-bond acceptors (Lipinski definition) is 0. The summed E-state index contributed by atoms with van der Waals surface area (Å²) in [5.41, 5.74) is 1.04. The van der Waals surface area contributed by atoms with Crippen molar-refractivity contribution in [2.24, 2.45) is 0 Å². The van der Waals surface area contributed by atoms with Gasteiger partial charge in [0.1, 0.15) is 0 Å². The van der Waals surface area contributed by atoms with Crippen LogP contribution in [0.15, 0.2) is 24.0 Å². The van der Waals surface area contributed by atoms with Gasteiger partial charge < -0.3 is 0 Å². The van der Waals surface area contributed by atoms with E-state index >= 15 is 0 Å². The summed E-state index contributed by atoms with van der Waals surface area (Å²) in [4.78, 5) is 0. The maximum Gasteiger partial charge on any atom is 0.0216 e. The van der Waals surface area contributed by atoms with Crippen LogP contribution >= 0.6 is 15.8 Å². The van der Waals surface area contributed by atoms with Crippen LogP contribution in [-0.2, 0) is 0 Å². The van der Waals surface area contributed by atoms with Gasteiger partial charge in [-0.2, -0.15) is 0 Å². The van der Waals surface area contributed by atoms with Crippen LogP contribution < -0.4 is 0 Å². The first-order chi connectivity index (χ1) is 4.95. The molecule has 3 heterocycles. The van der Waals surface area contributed by atoms with E-state index in [4.69, 9.17) is 0 Å².